The van der Waals surface area contributed by atoms with E-state index in [1.54, 1.807) is 42.5 Å². The Hall–Kier alpha value is -4.44. The number of amides is 2. The van der Waals surface area contributed by atoms with Crippen molar-refractivity contribution in [1.29, 1.82) is 0 Å². The molecule has 0 bridgehead atoms. The molecule has 0 unspecified atom stereocenters. The quantitative estimate of drug-likeness (QED) is 0.243. The molecule has 5 rings (SSSR count). The van der Waals surface area contributed by atoms with Gasteiger partial charge in [-0.2, -0.15) is 13.2 Å². The Balaban J connectivity index is 0.00000387. The number of ether oxygens (including phenoxy) is 1. The highest BCUT2D eigenvalue weighted by atomic mass is 19.4. The van der Waals surface area contributed by atoms with Gasteiger partial charge in [0.15, 0.2) is 0 Å². The first-order chi connectivity index (χ1) is 19.1. The molecule has 1 saturated heterocycles. The van der Waals surface area contributed by atoms with Gasteiger partial charge in [0.1, 0.15) is 17.3 Å². The molecule has 0 atom stereocenters. The van der Waals surface area contributed by atoms with E-state index in [0.29, 0.717) is 22.7 Å². The van der Waals surface area contributed by atoms with Gasteiger partial charge in [-0.3, -0.25) is 14.5 Å². The lowest BCUT2D eigenvalue weighted by atomic mass is 10.0. The third kappa shape index (κ3) is 7.40. The fourth-order valence-corrected chi connectivity index (χ4v) is 4.73. The molecule has 2 amide bonds. The molecule has 41 heavy (non-hydrogen) atoms. The van der Waals surface area contributed by atoms with E-state index < -0.39 is 17.6 Å². The zero-order valence-corrected chi connectivity index (χ0v) is 21.7. The average Bonchev–Trinajstić information content (AvgIpc) is 3.41. The van der Waals surface area contributed by atoms with Crippen molar-refractivity contribution in [2.45, 2.75) is 39.9 Å². The number of hydrogen-bond acceptors (Lipinski definition) is 5. The van der Waals surface area contributed by atoms with Crippen LogP contribution in [0.1, 0.15) is 48.7 Å². The Labute approximate surface area is 236 Å². The van der Waals surface area contributed by atoms with Crippen LogP contribution in [0.3, 0.4) is 0 Å². The Bertz CT molecular complexity index is 1570. The topological polar surface area (TPSA) is 83.6 Å². The Morgan fingerprint density at radius 2 is 1.63 bits per heavy atom. The van der Waals surface area contributed by atoms with Crippen molar-refractivity contribution < 1.29 is 27.5 Å². The van der Waals surface area contributed by atoms with Crippen molar-refractivity contribution in [3.05, 3.63) is 89.6 Å². The van der Waals surface area contributed by atoms with E-state index in [-0.39, 0.29) is 36.7 Å². The van der Waals surface area contributed by atoms with Crippen LogP contribution in [0.2, 0.25) is 0 Å². The minimum Gasteiger partial charge on any atom is -0.457 e. The monoisotopic (exact) mass is 564 g/mol. The summed E-state index contributed by atoms with van der Waals surface area (Å²) >= 11 is 0. The Kier molecular flexibility index (Phi) is 8.92. The lowest BCUT2D eigenvalue weighted by Crippen LogP contribution is -2.21. The van der Waals surface area contributed by atoms with Crippen molar-refractivity contribution in [3.8, 4) is 11.5 Å². The maximum atomic E-state index is 13.8. The number of carbonyl (C=O) groups excluding carboxylic acids is 2. The molecule has 3 aromatic carbocycles. The number of aromatic nitrogens is 1. The van der Waals surface area contributed by atoms with Crippen LogP contribution in [0.15, 0.2) is 72.9 Å². The minimum atomic E-state index is -4.53. The van der Waals surface area contributed by atoms with E-state index >= 15 is 0 Å². The number of halogens is 3. The van der Waals surface area contributed by atoms with E-state index in [2.05, 4.69) is 15.6 Å². The van der Waals surface area contributed by atoms with Gasteiger partial charge in [0.05, 0.1) is 5.56 Å². The highest BCUT2D eigenvalue weighted by Gasteiger charge is 2.34. The highest BCUT2D eigenvalue weighted by molar-refractivity contribution is 6.06. The molecule has 0 spiro atoms. The van der Waals surface area contributed by atoms with Crippen molar-refractivity contribution in [1.82, 2.24) is 9.88 Å². The van der Waals surface area contributed by atoms with Crippen LogP contribution in [0.4, 0.5) is 24.7 Å². The molecule has 10 heteroatoms. The molecule has 1 aliphatic rings. The summed E-state index contributed by atoms with van der Waals surface area (Å²) in [6, 6.07) is 17.6. The van der Waals surface area contributed by atoms with Crippen molar-refractivity contribution >= 4 is 34.1 Å². The first-order valence-electron chi connectivity index (χ1n) is 12.8. The number of nitrogens with one attached hydrogen (secondary N) is 2. The summed E-state index contributed by atoms with van der Waals surface area (Å²) in [4.78, 5) is 30.4. The molecule has 214 valence electrons. The molecule has 0 aliphatic carbocycles. The number of fused-ring (bicyclic) bond motifs is 1. The van der Waals surface area contributed by atoms with E-state index in [0.717, 1.165) is 37.4 Å². The minimum absolute atomic E-state index is 0. The van der Waals surface area contributed by atoms with Crippen LogP contribution < -0.4 is 15.4 Å². The number of nitrogens with zero attached hydrogens (tertiary/aromatic N) is 2. The number of hydrogen-bond donors (Lipinski definition) is 2. The van der Waals surface area contributed by atoms with Crippen molar-refractivity contribution in [2.24, 2.45) is 0 Å². The number of pyridine rings is 1. The van der Waals surface area contributed by atoms with Crippen molar-refractivity contribution in [2.75, 3.05) is 23.7 Å². The second kappa shape index (κ2) is 12.4. The van der Waals surface area contributed by atoms with E-state index in [9.17, 15) is 22.8 Å². The molecule has 1 aromatic heterocycles. The first kappa shape index (κ1) is 29.5. The zero-order chi connectivity index (χ0) is 28.3. The number of carbonyl (C=O) groups is 2. The highest BCUT2D eigenvalue weighted by Crippen LogP contribution is 2.35. The van der Waals surface area contributed by atoms with Gasteiger partial charge in [0.25, 0.3) is 5.91 Å². The predicted octanol–water partition coefficient (Wildman–Crippen LogP) is 7.49. The van der Waals surface area contributed by atoms with Gasteiger partial charge in [-0.15, -0.1) is 0 Å². The lowest BCUT2D eigenvalue weighted by Gasteiger charge is -2.20. The van der Waals surface area contributed by atoms with E-state index in [1.165, 1.54) is 25.3 Å². The SMILES string of the molecule is C.CC(=O)Nc1cc(Oc2ccc3ccc(C(=O)Nc4ccc(CN5CCCC5)c(C(F)(F)F)c4)cc3c2)ccn1. The van der Waals surface area contributed by atoms with Gasteiger partial charge in [-0.1, -0.05) is 25.6 Å². The summed E-state index contributed by atoms with van der Waals surface area (Å²) in [6.45, 7) is 3.18. The van der Waals surface area contributed by atoms with Gasteiger partial charge in [-0.25, -0.2) is 4.98 Å². The number of benzene rings is 3. The summed E-state index contributed by atoms with van der Waals surface area (Å²) in [5, 5.41) is 6.76. The Morgan fingerprint density at radius 3 is 2.37 bits per heavy atom. The van der Waals surface area contributed by atoms with Gasteiger partial charge < -0.3 is 15.4 Å². The third-order valence-corrected chi connectivity index (χ3v) is 6.61. The van der Waals surface area contributed by atoms with Gasteiger partial charge in [0, 0.05) is 37.0 Å². The molecule has 7 nitrogen and oxygen atoms in total. The molecule has 1 fully saturated rings. The normalized spacial score (nSPS) is 13.5. The number of alkyl halides is 3. The molecule has 2 N–H and O–H groups in total. The summed E-state index contributed by atoms with van der Waals surface area (Å²) in [5.74, 6) is 0.521. The fourth-order valence-electron chi connectivity index (χ4n) is 4.73. The van der Waals surface area contributed by atoms with Crippen molar-refractivity contribution in [3.63, 3.8) is 0 Å². The van der Waals surface area contributed by atoms with E-state index in [1.807, 2.05) is 11.0 Å². The number of rotatable bonds is 7. The summed E-state index contributed by atoms with van der Waals surface area (Å²) < 4.78 is 47.4. The third-order valence-electron chi connectivity index (χ3n) is 6.61. The lowest BCUT2D eigenvalue weighted by molar-refractivity contribution is -0.138. The van der Waals surface area contributed by atoms with Crippen LogP contribution >= 0.6 is 0 Å². The summed E-state index contributed by atoms with van der Waals surface area (Å²) in [5.41, 5.74) is -0.178. The van der Waals surface area contributed by atoms with Crippen LogP contribution in [0, 0.1) is 0 Å². The standard InChI is InChI=1S/C30H27F3N4O3.CH4/c1-19(38)35-28-17-26(10-11-34-28)40-25-9-7-20-4-5-21(14-23(20)15-25)29(39)36-24-8-6-22(18-37-12-2-3-13-37)27(16-24)30(31,32)33;/h4-11,14-17H,2-3,12-13,18H2,1H3,(H,36,39)(H,34,35,38);1H4. The van der Waals surface area contributed by atoms with Crippen LogP contribution in [0.5, 0.6) is 11.5 Å². The average molecular weight is 565 g/mol. The van der Waals surface area contributed by atoms with Crippen LogP contribution in [0.25, 0.3) is 10.8 Å². The number of likely N-dealkylation sites (tertiary alicyclic amines) is 1. The molecule has 2 heterocycles. The maximum absolute atomic E-state index is 13.8. The first-order valence-corrected chi connectivity index (χ1v) is 12.8. The predicted molar refractivity (Wildman–Crippen MR) is 153 cm³/mol. The maximum Gasteiger partial charge on any atom is 0.416 e. The second-order valence-electron chi connectivity index (χ2n) is 9.69. The second-order valence-corrected chi connectivity index (χ2v) is 9.69. The molecular weight excluding hydrogens is 533 g/mol. The summed E-state index contributed by atoms with van der Waals surface area (Å²) in [6.07, 6.45) is -1.06. The van der Waals surface area contributed by atoms with E-state index in [4.69, 9.17) is 4.74 Å². The number of anilines is 2. The van der Waals surface area contributed by atoms with Gasteiger partial charge in [-0.05, 0) is 84.7 Å². The van der Waals surface area contributed by atoms with Crippen LogP contribution in [-0.4, -0.2) is 34.8 Å². The molecule has 0 radical (unpaired) electrons. The van der Waals surface area contributed by atoms with Gasteiger partial charge in [0.2, 0.25) is 5.91 Å². The fraction of sp³-hybridized carbons (Fsp3) is 0.258. The Morgan fingerprint density at radius 1 is 0.902 bits per heavy atom. The summed E-state index contributed by atoms with van der Waals surface area (Å²) in [7, 11) is 0. The molecule has 4 aromatic rings. The smallest absolute Gasteiger partial charge is 0.416 e. The molecule has 0 saturated carbocycles. The zero-order valence-electron chi connectivity index (χ0n) is 21.7. The molecular formula is C31H31F3N4O3. The van der Waals surface area contributed by atoms with Crippen LogP contribution in [-0.2, 0) is 17.5 Å². The molecule has 1 aliphatic heterocycles. The van der Waals surface area contributed by atoms with Gasteiger partial charge >= 0.3 is 6.18 Å². The largest absolute Gasteiger partial charge is 0.457 e.